The Morgan fingerprint density at radius 2 is 2.05 bits per heavy atom. The summed E-state index contributed by atoms with van der Waals surface area (Å²) in [6.07, 6.45) is 3.42. The predicted octanol–water partition coefficient (Wildman–Crippen LogP) is 0.681. The summed E-state index contributed by atoms with van der Waals surface area (Å²) in [7, 11) is 0. The zero-order valence-corrected chi connectivity index (χ0v) is 11.6. The maximum atomic E-state index is 12.9. The smallest absolute Gasteiger partial charge is 0.248 e. The molecular formula is C14H22N2O3. The standard InChI is InChI=1S/C14H22N2O3/c1-9-11(6-8-19-9)16-7-5-12(17)15-14(2,13(16)18)10-3-4-10/h9-11H,3-8H2,1-2H3,(H,15,17). The summed E-state index contributed by atoms with van der Waals surface area (Å²) in [4.78, 5) is 26.7. The first-order valence-corrected chi connectivity index (χ1v) is 7.26. The number of amides is 2. The molecule has 1 aliphatic carbocycles. The molecule has 2 aliphatic heterocycles. The Morgan fingerprint density at radius 1 is 1.32 bits per heavy atom. The lowest BCUT2D eigenvalue weighted by Gasteiger charge is -2.36. The lowest BCUT2D eigenvalue weighted by molar-refractivity contribution is -0.142. The quantitative estimate of drug-likeness (QED) is 0.799. The normalized spacial score (nSPS) is 40.2. The Bertz CT molecular complexity index is 407. The lowest BCUT2D eigenvalue weighted by Crippen LogP contribution is -2.59. The molecule has 0 aromatic rings. The van der Waals surface area contributed by atoms with E-state index in [0.717, 1.165) is 19.3 Å². The summed E-state index contributed by atoms with van der Waals surface area (Å²) < 4.78 is 5.58. The van der Waals surface area contributed by atoms with E-state index in [-0.39, 0.29) is 24.0 Å². The highest BCUT2D eigenvalue weighted by Crippen LogP contribution is 2.42. The maximum absolute atomic E-state index is 12.9. The van der Waals surface area contributed by atoms with Crippen LogP contribution in [0.3, 0.4) is 0 Å². The number of hydrogen-bond donors (Lipinski definition) is 1. The molecule has 1 N–H and O–H groups in total. The van der Waals surface area contributed by atoms with Crippen molar-refractivity contribution in [1.29, 1.82) is 0 Å². The monoisotopic (exact) mass is 266 g/mol. The fourth-order valence-corrected chi connectivity index (χ4v) is 3.41. The van der Waals surface area contributed by atoms with Gasteiger partial charge in [0.05, 0.1) is 12.1 Å². The first-order valence-electron chi connectivity index (χ1n) is 7.26. The van der Waals surface area contributed by atoms with Gasteiger partial charge < -0.3 is 15.0 Å². The van der Waals surface area contributed by atoms with Crippen LogP contribution in [0.2, 0.25) is 0 Å². The van der Waals surface area contributed by atoms with E-state index in [0.29, 0.717) is 25.5 Å². The molecule has 0 aromatic heterocycles. The highest BCUT2D eigenvalue weighted by molar-refractivity contribution is 5.94. The lowest BCUT2D eigenvalue weighted by atomic mass is 9.93. The molecule has 0 spiro atoms. The van der Waals surface area contributed by atoms with E-state index >= 15 is 0 Å². The molecule has 3 aliphatic rings. The second kappa shape index (κ2) is 4.47. The van der Waals surface area contributed by atoms with Crippen molar-refractivity contribution in [2.75, 3.05) is 13.2 Å². The van der Waals surface area contributed by atoms with Crippen LogP contribution in [-0.4, -0.2) is 47.6 Å². The summed E-state index contributed by atoms with van der Waals surface area (Å²) >= 11 is 0. The van der Waals surface area contributed by atoms with Crippen molar-refractivity contribution >= 4 is 11.8 Å². The number of carbonyl (C=O) groups is 2. The molecule has 5 nitrogen and oxygen atoms in total. The van der Waals surface area contributed by atoms with E-state index in [1.165, 1.54) is 0 Å². The first-order chi connectivity index (χ1) is 9.02. The second-order valence-corrected chi connectivity index (χ2v) is 6.21. The van der Waals surface area contributed by atoms with Gasteiger partial charge >= 0.3 is 0 Å². The van der Waals surface area contributed by atoms with E-state index in [1.807, 2.05) is 18.7 Å². The van der Waals surface area contributed by atoms with Gasteiger partial charge in [0.25, 0.3) is 0 Å². The Labute approximate surface area is 113 Å². The molecule has 3 unspecified atom stereocenters. The van der Waals surface area contributed by atoms with Crippen molar-refractivity contribution in [3.05, 3.63) is 0 Å². The molecule has 1 saturated carbocycles. The van der Waals surface area contributed by atoms with Crippen molar-refractivity contribution in [2.45, 2.75) is 57.2 Å². The van der Waals surface area contributed by atoms with E-state index < -0.39 is 5.54 Å². The third-order valence-electron chi connectivity index (χ3n) is 4.81. The molecule has 2 saturated heterocycles. The third kappa shape index (κ3) is 2.14. The van der Waals surface area contributed by atoms with Crippen LogP contribution in [0.25, 0.3) is 0 Å². The average Bonchev–Trinajstić information content (AvgIpc) is 3.14. The van der Waals surface area contributed by atoms with Crippen LogP contribution in [0.1, 0.15) is 39.5 Å². The summed E-state index contributed by atoms with van der Waals surface area (Å²) in [5.41, 5.74) is -0.699. The number of rotatable bonds is 2. The minimum atomic E-state index is -0.699. The summed E-state index contributed by atoms with van der Waals surface area (Å²) in [5, 5.41) is 2.96. The predicted molar refractivity (Wildman–Crippen MR) is 69.4 cm³/mol. The van der Waals surface area contributed by atoms with Crippen molar-refractivity contribution in [1.82, 2.24) is 10.2 Å². The van der Waals surface area contributed by atoms with E-state index in [2.05, 4.69) is 5.32 Å². The van der Waals surface area contributed by atoms with Crippen LogP contribution in [0, 0.1) is 5.92 Å². The SMILES string of the molecule is CC1OCCC1N1CCC(=O)NC(C)(C2CC2)C1=O. The molecule has 3 atom stereocenters. The number of hydrogen-bond acceptors (Lipinski definition) is 3. The fourth-order valence-electron chi connectivity index (χ4n) is 3.41. The zero-order valence-electron chi connectivity index (χ0n) is 11.6. The van der Waals surface area contributed by atoms with Crippen molar-refractivity contribution in [2.24, 2.45) is 5.92 Å². The number of ether oxygens (including phenoxy) is 1. The minimum Gasteiger partial charge on any atom is -0.376 e. The number of carbonyl (C=O) groups excluding carboxylic acids is 2. The van der Waals surface area contributed by atoms with Gasteiger partial charge in [0.1, 0.15) is 5.54 Å². The summed E-state index contributed by atoms with van der Waals surface area (Å²) in [5.74, 6) is 0.391. The highest BCUT2D eigenvalue weighted by Gasteiger charge is 2.52. The van der Waals surface area contributed by atoms with Gasteiger partial charge in [-0.3, -0.25) is 9.59 Å². The molecule has 2 heterocycles. The molecule has 5 heteroatoms. The van der Waals surface area contributed by atoms with Crippen LogP contribution < -0.4 is 5.32 Å². The zero-order chi connectivity index (χ0) is 13.6. The molecule has 2 amide bonds. The minimum absolute atomic E-state index is 0.00295. The molecule has 19 heavy (non-hydrogen) atoms. The van der Waals surface area contributed by atoms with E-state index in [9.17, 15) is 9.59 Å². The van der Waals surface area contributed by atoms with Crippen LogP contribution in [0.15, 0.2) is 0 Å². The maximum Gasteiger partial charge on any atom is 0.248 e. The van der Waals surface area contributed by atoms with Crippen molar-refractivity contribution in [3.63, 3.8) is 0 Å². The van der Waals surface area contributed by atoms with Gasteiger partial charge in [-0.1, -0.05) is 0 Å². The van der Waals surface area contributed by atoms with Gasteiger partial charge in [-0.2, -0.15) is 0 Å². The van der Waals surface area contributed by atoms with Crippen LogP contribution >= 0.6 is 0 Å². The van der Waals surface area contributed by atoms with Crippen molar-refractivity contribution in [3.8, 4) is 0 Å². The fraction of sp³-hybridized carbons (Fsp3) is 0.857. The second-order valence-electron chi connectivity index (χ2n) is 6.21. The van der Waals surface area contributed by atoms with Crippen LogP contribution in [0.5, 0.6) is 0 Å². The van der Waals surface area contributed by atoms with E-state index in [1.54, 1.807) is 0 Å². The summed E-state index contributed by atoms with van der Waals surface area (Å²) in [6.45, 7) is 5.13. The largest absolute Gasteiger partial charge is 0.376 e. The highest BCUT2D eigenvalue weighted by atomic mass is 16.5. The van der Waals surface area contributed by atoms with Crippen LogP contribution in [-0.2, 0) is 14.3 Å². The van der Waals surface area contributed by atoms with Gasteiger partial charge in [-0.15, -0.1) is 0 Å². The molecule has 0 aromatic carbocycles. The molecule has 3 rings (SSSR count). The topological polar surface area (TPSA) is 58.6 Å². The van der Waals surface area contributed by atoms with Crippen LogP contribution in [0.4, 0.5) is 0 Å². The van der Waals surface area contributed by atoms with Gasteiger partial charge in [-0.25, -0.2) is 0 Å². The Balaban J connectivity index is 1.87. The summed E-state index contributed by atoms with van der Waals surface area (Å²) in [6, 6.07) is 0.123. The first kappa shape index (κ1) is 12.9. The third-order valence-corrected chi connectivity index (χ3v) is 4.81. The Morgan fingerprint density at radius 3 is 2.63 bits per heavy atom. The number of nitrogens with one attached hydrogen (secondary N) is 1. The van der Waals surface area contributed by atoms with Gasteiger partial charge in [0.2, 0.25) is 11.8 Å². The molecule has 3 fully saturated rings. The Kier molecular flexibility index (Phi) is 3.04. The Hall–Kier alpha value is -1.10. The van der Waals surface area contributed by atoms with Gasteiger partial charge in [-0.05, 0) is 39.0 Å². The average molecular weight is 266 g/mol. The van der Waals surface area contributed by atoms with E-state index in [4.69, 9.17) is 4.74 Å². The molecule has 0 radical (unpaired) electrons. The number of nitrogens with zero attached hydrogens (tertiary/aromatic N) is 1. The molecule has 0 bridgehead atoms. The molecular weight excluding hydrogens is 244 g/mol. The van der Waals surface area contributed by atoms with Gasteiger partial charge in [0, 0.05) is 19.6 Å². The molecule has 106 valence electrons. The van der Waals surface area contributed by atoms with Gasteiger partial charge in [0.15, 0.2) is 0 Å². The van der Waals surface area contributed by atoms with Crippen molar-refractivity contribution < 1.29 is 14.3 Å².